The Hall–Kier alpha value is -3.13. The summed E-state index contributed by atoms with van der Waals surface area (Å²) in [6.07, 6.45) is 3.18. The molecular formula is C20H22N6OS. The number of nitrogens with zero attached hydrogens (tertiary/aromatic N) is 5. The van der Waals surface area contributed by atoms with Gasteiger partial charge < -0.3 is 10.6 Å². The number of carbonyl (C=O) groups excluding carboxylic acids is 1. The highest BCUT2D eigenvalue weighted by Gasteiger charge is 2.19. The van der Waals surface area contributed by atoms with Crippen LogP contribution in [0.3, 0.4) is 0 Å². The van der Waals surface area contributed by atoms with Gasteiger partial charge in [-0.05, 0) is 31.2 Å². The summed E-state index contributed by atoms with van der Waals surface area (Å²) in [4.78, 5) is 20.7. The van der Waals surface area contributed by atoms with Crippen LogP contribution in [0.4, 0.5) is 5.69 Å². The molecule has 0 spiro atoms. The highest BCUT2D eigenvalue weighted by Crippen LogP contribution is 2.16. The van der Waals surface area contributed by atoms with Crippen molar-refractivity contribution in [3.8, 4) is 5.69 Å². The minimum atomic E-state index is -0.0606. The number of benzene rings is 2. The molecule has 144 valence electrons. The fraction of sp³-hybridized carbons (Fsp3) is 0.200. The maximum absolute atomic E-state index is 13.0. The minimum absolute atomic E-state index is 0.0606. The fourth-order valence-corrected chi connectivity index (χ4v) is 3.36. The van der Waals surface area contributed by atoms with Gasteiger partial charge in [0, 0.05) is 18.8 Å². The van der Waals surface area contributed by atoms with E-state index in [9.17, 15) is 4.79 Å². The summed E-state index contributed by atoms with van der Waals surface area (Å²) in [5.74, 6) is 0.596. The maximum atomic E-state index is 13.0. The van der Waals surface area contributed by atoms with Gasteiger partial charge in [0.2, 0.25) is 0 Å². The number of amides is 1. The van der Waals surface area contributed by atoms with Gasteiger partial charge in [0.15, 0.2) is 5.17 Å². The van der Waals surface area contributed by atoms with Crippen molar-refractivity contribution in [2.24, 2.45) is 10.7 Å². The molecule has 0 fully saturated rings. The van der Waals surface area contributed by atoms with Crippen molar-refractivity contribution in [2.45, 2.75) is 6.92 Å². The van der Waals surface area contributed by atoms with Crippen molar-refractivity contribution >= 4 is 28.5 Å². The number of amidine groups is 1. The standard InChI is InChI=1S/C20H22N6OS/c1-2-25(14-15-28-20(21)24-16-8-4-3-5-9-16)19(27)17-10-6-7-11-18(17)26-22-12-13-23-26/h3-13H,2,14-15H2,1H3,(H2,21,24). The van der Waals surface area contributed by atoms with Gasteiger partial charge in [-0.15, -0.1) is 0 Å². The summed E-state index contributed by atoms with van der Waals surface area (Å²) in [6, 6.07) is 16.9. The van der Waals surface area contributed by atoms with E-state index < -0.39 is 0 Å². The number of nitrogens with two attached hydrogens (primary N) is 1. The summed E-state index contributed by atoms with van der Waals surface area (Å²) in [5.41, 5.74) is 8.04. The lowest BCUT2D eigenvalue weighted by molar-refractivity contribution is 0.0774. The van der Waals surface area contributed by atoms with Crippen molar-refractivity contribution in [3.63, 3.8) is 0 Å². The van der Waals surface area contributed by atoms with E-state index >= 15 is 0 Å². The molecule has 2 aromatic carbocycles. The molecule has 0 saturated carbocycles. The zero-order valence-electron chi connectivity index (χ0n) is 15.6. The predicted molar refractivity (Wildman–Crippen MR) is 113 cm³/mol. The molecule has 1 amide bonds. The fourth-order valence-electron chi connectivity index (χ4n) is 2.67. The van der Waals surface area contributed by atoms with E-state index in [4.69, 9.17) is 5.73 Å². The molecule has 2 N–H and O–H groups in total. The van der Waals surface area contributed by atoms with Crippen LogP contribution in [0.25, 0.3) is 5.69 Å². The van der Waals surface area contributed by atoms with Gasteiger partial charge in [-0.2, -0.15) is 15.0 Å². The lowest BCUT2D eigenvalue weighted by atomic mass is 10.1. The molecule has 0 radical (unpaired) electrons. The van der Waals surface area contributed by atoms with Crippen molar-refractivity contribution in [1.29, 1.82) is 0 Å². The van der Waals surface area contributed by atoms with Crippen LogP contribution >= 0.6 is 11.8 Å². The van der Waals surface area contributed by atoms with Crippen LogP contribution in [-0.4, -0.2) is 49.8 Å². The van der Waals surface area contributed by atoms with E-state index in [1.165, 1.54) is 16.6 Å². The minimum Gasteiger partial charge on any atom is -0.378 e. The second-order valence-electron chi connectivity index (χ2n) is 5.85. The van der Waals surface area contributed by atoms with Crippen molar-refractivity contribution in [2.75, 3.05) is 18.8 Å². The Labute approximate surface area is 168 Å². The molecule has 0 atom stereocenters. The van der Waals surface area contributed by atoms with E-state index in [0.29, 0.717) is 35.3 Å². The van der Waals surface area contributed by atoms with Crippen LogP contribution in [0, 0.1) is 0 Å². The molecular weight excluding hydrogens is 372 g/mol. The molecule has 3 aromatic rings. The molecule has 1 heterocycles. The summed E-state index contributed by atoms with van der Waals surface area (Å²) in [5, 5.41) is 8.76. The summed E-state index contributed by atoms with van der Waals surface area (Å²) in [6.45, 7) is 3.11. The first kappa shape index (κ1) is 19.6. The van der Waals surface area contributed by atoms with Gasteiger partial charge in [0.25, 0.3) is 5.91 Å². The highest BCUT2D eigenvalue weighted by atomic mass is 32.2. The highest BCUT2D eigenvalue weighted by molar-refractivity contribution is 8.13. The van der Waals surface area contributed by atoms with E-state index in [1.54, 1.807) is 23.4 Å². The van der Waals surface area contributed by atoms with E-state index in [1.807, 2.05) is 55.5 Å². The Morgan fingerprint density at radius 2 is 1.79 bits per heavy atom. The smallest absolute Gasteiger partial charge is 0.256 e. The number of carbonyl (C=O) groups is 1. The van der Waals surface area contributed by atoms with E-state index in [2.05, 4.69) is 15.2 Å². The number of thioether (sulfide) groups is 1. The average Bonchev–Trinajstić information content (AvgIpc) is 3.26. The maximum Gasteiger partial charge on any atom is 0.256 e. The van der Waals surface area contributed by atoms with Crippen LogP contribution in [0.1, 0.15) is 17.3 Å². The number of para-hydroxylation sites is 2. The third-order valence-electron chi connectivity index (χ3n) is 4.04. The van der Waals surface area contributed by atoms with Crippen LogP contribution in [-0.2, 0) is 0 Å². The summed E-state index contributed by atoms with van der Waals surface area (Å²) < 4.78 is 0. The molecule has 0 aliphatic heterocycles. The first-order chi connectivity index (χ1) is 13.7. The lowest BCUT2D eigenvalue weighted by Gasteiger charge is -2.21. The topological polar surface area (TPSA) is 89.4 Å². The Morgan fingerprint density at radius 1 is 1.11 bits per heavy atom. The number of aliphatic imine (C=N–C) groups is 1. The zero-order valence-corrected chi connectivity index (χ0v) is 16.4. The molecule has 3 rings (SSSR count). The SMILES string of the molecule is CCN(CCSC(N)=Nc1ccccc1)C(=O)c1ccccc1-n1nccn1. The molecule has 8 heteroatoms. The molecule has 0 unspecified atom stereocenters. The first-order valence-corrected chi connectivity index (χ1v) is 9.94. The molecule has 28 heavy (non-hydrogen) atoms. The Morgan fingerprint density at radius 3 is 2.50 bits per heavy atom. The summed E-state index contributed by atoms with van der Waals surface area (Å²) >= 11 is 1.43. The van der Waals surface area contributed by atoms with Gasteiger partial charge >= 0.3 is 0 Å². The average molecular weight is 395 g/mol. The lowest BCUT2D eigenvalue weighted by Crippen LogP contribution is -2.34. The predicted octanol–water partition coefficient (Wildman–Crippen LogP) is 3.11. The van der Waals surface area contributed by atoms with Crippen molar-refractivity contribution < 1.29 is 4.79 Å². The molecule has 0 saturated heterocycles. The normalized spacial score (nSPS) is 11.4. The second kappa shape index (κ2) is 9.70. The van der Waals surface area contributed by atoms with Crippen molar-refractivity contribution in [1.82, 2.24) is 19.9 Å². The monoisotopic (exact) mass is 394 g/mol. The largest absolute Gasteiger partial charge is 0.378 e. The van der Waals surface area contributed by atoms with Crippen molar-refractivity contribution in [3.05, 3.63) is 72.6 Å². The number of hydrogen-bond donors (Lipinski definition) is 1. The molecule has 1 aromatic heterocycles. The van der Waals surface area contributed by atoms with Gasteiger partial charge in [0.05, 0.1) is 29.3 Å². The van der Waals surface area contributed by atoms with E-state index in [0.717, 1.165) is 5.69 Å². The second-order valence-corrected chi connectivity index (χ2v) is 6.97. The zero-order chi connectivity index (χ0) is 19.8. The van der Waals surface area contributed by atoms with Crippen LogP contribution in [0.5, 0.6) is 0 Å². The molecule has 0 aliphatic rings. The van der Waals surface area contributed by atoms with Gasteiger partial charge in [-0.3, -0.25) is 4.79 Å². The Kier molecular flexibility index (Phi) is 6.80. The molecule has 7 nitrogen and oxygen atoms in total. The van der Waals surface area contributed by atoms with Gasteiger partial charge in [0.1, 0.15) is 0 Å². The third kappa shape index (κ3) is 4.98. The van der Waals surface area contributed by atoms with Crippen LogP contribution in [0.2, 0.25) is 0 Å². The van der Waals surface area contributed by atoms with E-state index in [-0.39, 0.29) is 5.91 Å². The first-order valence-electron chi connectivity index (χ1n) is 8.96. The summed E-state index contributed by atoms with van der Waals surface area (Å²) in [7, 11) is 0. The number of hydrogen-bond acceptors (Lipinski definition) is 5. The van der Waals surface area contributed by atoms with Crippen LogP contribution < -0.4 is 5.73 Å². The quantitative estimate of drug-likeness (QED) is 0.491. The molecule has 0 aliphatic carbocycles. The number of rotatable bonds is 7. The molecule has 0 bridgehead atoms. The number of aromatic nitrogens is 3. The van der Waals surface area contributed by atoms with Gasteiger partial charge in [-0.25, -0.2) is 4.99 Å². The van der Waals surface area contributed by atoms with Gasteiger partial charge in [-0.1, -0.05) is 42.1 Å². The Bertz CT molecular complexity index is 927. The Balaban J connectivity index is 1.64. The third-order valence-corrected chi connectivity index (χ3v) is 4.82. The van der Waals surface area contributed by atoms with Crippen LogP contribution in [0.15, 0.2) is 72.0 Å².